The fourth-order valence-electron chi connectivity index (χ4n) is 1.36. The number of rotatable bonds is 8. The molecular weight excluding hydrogens is 234 g/mol. The average molecular weight is 255 g/mol. The van der Waals surface area contributed by atoms with Crippen LogP contribution in [0.3, 0.4) is 0 Å². The minimum Gasteiger partial charge on any atom is -0.463 e. The lowest BCUT2D eigenvalue weighted by molar-refractivity contribution is 0.187. The van der Waals surface area contributed by atoms with E-state index >= 15 is 0 Å². The van der Waals surface area contributed by atoms with Crippen molar-refractivity contribution < 1.29 is 9.47 Å². The van der Waals surface area contributed by atoms with E-state index in [0.29, 0.717) is 6.61 Å². The quantitative estimate of drug-likeness (QED) is 0.537. The van der Waals surface area contributed by atoms with Gasteiger partial charge in [0.25, 0.3) is 0 Å². The predicted octanol–water partition coefficient (Wildman–Crippen LogP) is 1.51. The molecule has 0 aliphatic rings. The van der Waals surface area contributed by atoms with Crippen molar-refractivity contribution >= 4 is 5.95 Å². The lowest BCUT2D eigenvalue weighted by Gasteiger charge is -2.13. The summed E-state index contributed by atoms with van der Waals surface area (Å²) in [5.41, 5.74) is 2.37. The Morgan fingerprint density at radius 2 is 1.89 bits per heavy atom. The number of nitrogens with zero attached hydrogens (tertiary/aromatic N) is 3. The molecule has 1 rings (SSSR count). The number of hydrazine groups is 1. The average Bonchev–Trinajstić information content (AvgIpc) is 2.36. The molecule has 0 aliphatic carbocycles. The van der Waals surface area contributed by atoms with Crippen LogP contribution in [0.5, 0.6) is 12.0 Å². The van der Waals surface area contributed by atoms with Crippen LogP contribution < -0.4 is 20.7 Å². The van der Waals surface area contributed by atoms with E-state index in [9.17, 15) is 0 Å². The molecule has 7 nitrogen and oxygen atoms in total. The van der Waals surface area contributed by atoms with Crippen LogP contribution in [0.25, 0.3) is 0 Å². The lowest BCUT2D eigenvalue weighted by atomic mass is 10.2. The normalized spacial score (nSPS) is 12.0. The van der Waals surface area contributed by atoms with Crippen LogP contribution in [0.15, 0.2) is 0 Å². The summed E-state index contributed by atoms with van der Waals surface area (Å²) in [4.78, 5) is 12.1. The second-order valence-corrected chi connectivity index (χ2v) is 3.93. The second kappa shape index (κ2) is 7.65. The summed E-state index contributed by atoms with van der Waals surface area (Å²) in [6.45, 7) is 6.60. The minimum atomic E-state index is 0.0436. The molecular formula is C11H21N5O2. The van der Waals surface area contributed by atoms with E-state index in [0.717, 1.165) is 19.3 Å². The van der Waals surface area contributed by atoms with Crippen molar-refractivity contribution in [1.29, 1.82) is 0 Å². The van der Waals surface area contributed by atoms with Gasteiger partial charge in [-0.05, 0) is 19.8 Å². The van der Waals surface area contributed by atoms with Crippen molar-refractivity contribution in [1.82, 2.24) is 15.0 Å². The molecule has 1 unspecified atom stereocenters. The van der Waals surface area contributed by atoms with Gasteiger partial charge < -0.3 is 9.47 Å². The minimum absolute atomic E-state index is 0.0436. The molecule has 0 bridgehead atoms. The SMILES string of the molecule is CCCOc1nc(NN)nc(OC(C)CCC)n1. The molecule has 0 aliphatic heterocycles. The largest absolute Gasteiger partial charge is 0.463 e. The summed E-state index contributed by atoms with van der Waals surface area (Å²) >= 11 is 0. The molecule has 0 aromatic carbocycles. The molecule has 0 spiro atoms. The molecule has 1 aromatic rings. The number of nitrogens with one attached hydrogen (secondary N) is 1. The highest BCUT2D eigenvalue weighted by Crippen LogP contribution is 2.14. The fraction of sp³-hybridized carbons (Fsp3) is 0.727. The van der Waals surface area contributed by atoms with Gasteiger partial charge in [-0.25, -0.2) is 5.84 Å². The molecule has 1 heterocycles. The molecule has 0 amide bonds. The van der Waals surface area contributed by atoms with Gasteiger partial charge in [0.1, 0.15) is 0 Å². The van der Waals surface area contributed by atoms with Gasteiger partial charge in [-0.3, -0.25) is 5.43 Å². The molecule has 0 radical (unpaired) electrons. The van der Waals surface area contributed by atoms with Crippen LogP contribution >= 0.6 is 0 Å². The molecule has 1 aromatic heterocycles. The van der Waals surface area contributed by atoms with Gasteiger partial charge in [-0.15, -0.1) is 4.98 Å². The predicted molar refractivity (Wildman–Crippen MR) is 68.4 cm³/mol. The standard InChI is InChI=1S/C11H21N5O2/c1-4-6-8(3)18-11-14-9(16-12)13-10(15-11)17-7-5-2/h8H,4-7,12H2,1-3H3,(H,13,14,15,16). The van der Waals surface area contributed by atoms with E-state index in [2.05, 4.69) is 27.3 Å². The molecule has 0 saturated carbocycles. The van der Waals surface area contributed by atoms with Gasteiger partial charge in [-0.2, -0.15) is 9.97 Å². The number of nitrogen functional groups attached to an aromatic ring is 1. The first kappa shape index (κ1) is 14.4. The highest BCUT2D eigenvalue weighted by molar-refractivity contribution is 5.25. The first-order valence-electron chi connectivity index (χ1n) is 6.21. The summed E-state index contributed by atoms with van der Waals surface area (Å²) in [6, 6.07) is 0.448. The highest BCUT2D eigenvalue weighted by atomic mass is 16.5. The Morgan fingerprint density at radius 3 is 2.50 bits per heavy atom. The third-order valence-electron chi connectivity index (χ3n) is 2.16. The van der Waals surface area contributed by atoms with Crippen LogP contribution in [0.1, 0.15) is 40.0 Å². The first-order valence-corrected chi connectivity index (χ1v) is 6.21. The molecule has 7 heteroatoms. The molecule has 102 valence electrons. The second-order valence-electron chi connectivity index (χ2n) is 3.93. The van der Waals surface area contributed by atoms with Gasteiger partial charge in [0.2, 0.25) is 5.95 Å². The van der Waals surface area contributed by atoms with E-state index in [-0.39, 0.29) is 24.1 Å². The molecule has 1 atom stereocenters. The summed E-state index contributed by atoms with van der Waals surface area (Å²) < 4.78 is 10.9. The molecule has 0 saturated heterocycles. The lowest BCUT2D eigenvalue weighted by Crippen LogP contribution is -2.17. The van der Waals surface area contributed by atoms with Gasteiger partial charge in [-0.1, -0.05) is 20.3 Å². The Labute approximate surface area is 107 Å². The number of aromatic nitrogens is 3. The summed E-state index contributed by atoms with van der Waals surface area (Å²) in [5, 5.41) is 0. The van der Waals surface area contributed by atoms with Crippen LogP contribution in [0.2, 0.25) is 0 Å². The van der Waals surface area contributed by atoms with Crippen molar-refractivity contribution in [3.05, 3.63) is 0 Å². The number of ether oxygens (including phenoxy) is 2. The molecule has 0 fully saturated rings. The number of hydrogen-bond donors (Lipinski definition) is 2. The Hall–Kier alpha value is -1.63. The topological polar surface area (TPSA) is 95.2 Å². The third kappa shape index (κ3) is 4.70. The van der Waals surface area contributed by atoms with Crippen molar-refractivity contribution in [2.24, 2.45) is 5.84 Å². The molecule has 3 N–H and O–H groups in total. The van der Waals surface area contributed by atoms with E-state index < -0.39 is 0 Å². The zero-order chi connectivity index (χ0) is 13.4. The van der Waals surface area contributed by atoms with E-state index in [1.807, 2.05) is 13.8 Å². The first-order chi connectivity index (χ1) is 8.69. The van der Waals surface area contributed by atoms with Crippen molar-refractivity contribution in [3.8, 4) is 12.0 Å². The van der Waals surface area contributed by atoms with E-state index in [4.69, 9.17) is 15.3 Å². The Bertz CT molecular complexity index is 361. The fourth-order valence-corrected chi connectivity index (χ4v) is 1.36. The van der Waals surface area contributed by atoms with Crippen LogP contribution in [-0.2, 0) is 0 Å². The number of hydrogen-bond acceptors (Lipinski definition) is 7. The van der Waals surface area contributed by atoms with Crippen LogP contribution in [-0.4, -0.2) is 27.7 Å². The Morgan fingerprint density at radius 1 is 1.17 bits per heavy atom. The molecule has 18 heavy (non-hydrogen) atoms. The van der Waals surface area contributed by atoms with E-state index in [1.54, 1.807) is 0 Å². The van der Waals surface area contributed by atoms with Crippen LogP contribution in [0.4, 0.5) is 5.95 Å². The highest BCUT2D eigenvalue weighted by Gasteiger charge is 2.10. The number of anilines is 1. The zero-order valence-corrected chi connectivity index (χ0v) is 11.1. The summed E-state index contributed by atoms with van der Waals surface area (Å²) in [5.74, 6) is 5.52. The maximum Gasteiger partial charge on any atom is 0.324 e. The summed E-state index contributed by atoms with van der Waals surface area (Å²) in [7, 11) is 0. The van der Waals surface area contributed by atoms with Crippen LogP contribution in [0, 0.1) is 0 Å². The maximum absolute atomic E-state index is 5.58. The van der Waals surface area contributed by atoms with E-state index in [1.165, 1.54) is 0 Å². The maximum atomic E-state index is 5.58. The van der Waals surface area contributed by atoms with Crippen molar-refractivity contribution in [2.75, 3.05) is 12.0 Å². The Balaban J connectivity index is 2.76. The van der Waals surface area contributed by atoms with Gasteiger partial charge in [0.05, 0.1) is 12.7 Å². The van der Waals surface area contributed by atoms with Crippen molar-refractivity contribution in [2.45, 2.75) is 46.1 Å². The number of nitrogens with two attached hydrogens (primary N) is 1. The Kier molecular flexibility index (Phi) is 6.13. The summed E-state index contributed by atoms with van der Waals surface area (Å²) in [6.07, 6.45) is 2.89. The third-order valence-corrected chi connectivity index (χ3v) is 2.16. The van der Waals surface area contributed by atoms with Gasteiger partial charge in [0, 0.05) is 0 Å². The smallest absolute Gasteiger partial charge is 0.324 e. The van der Waals surface area contributed by atoms with Crippen molar-refractivity contribution in [3.63, 3.8) is 0 Å². The zero-order valence-electron chi connectivity index (χ0n) is 11.1. The van der Waals surface area contributed by atoms with Gasteiger partial charge >= 0.3 is 12.0 Å². The van der Waals surface area contributed by atoms with Gasteiger partial charge in [0.15, 0.2) is 0 Å². The monoisotopic (exact) mass is 255 g/mol.